The van der Waals surface area contributed by atoms with Crippen LogP contribution in [0.1, 0.15) is 15.9 Å². The molecule has 0 aromatic heterocycles. The fraction of sp³-hybridized carbons (Fsp3) is 0.235. The molecule has 2 aromatic carbocycles. The minimum Gasteiger partial charge on any atom is -0.383 e. The van der Waals surface area contributed by atoms with Gasteiger partial charge < -0.3 is 10.1 Å². The Hall–Kier alpha value is -2.43. The van der Waals surface area contributed by atoms with Crippen molar-refractivity contribution in [3.63, 3.8) is 0 Å². The summed E-state index contributed by atoms with van der Waals surface area (Å²) in [6.07, 6.45) is -4.46. The molecule has 0 atom stereocenters. The van der Waals surface area contributed by atoms with Crippen molar-refractivity contribution in [2.75, 3.05) is 25.6 Å². The highest BCUT2D eigenvalue weighted by molar-refractivity contribution is 7.89. The van der Waals surface area contributed by atoms with Crippen molar-refractivity contribution in [3.05, 3.63) is 59.7 Å². The van der Waals surface area contributed by atoms with Gasteiger partial charge in [-0.1, -0.05) is 0 Å². The number of rotatable bonds is 7. The third kappa shape index (κ3) is 5.78. The number of hydrogen-bond acceptors (Lipinski definition) is 4. The van der Waals surface area contributed by atoms with Gasteiger partial charge in [0, 0.05) is 24.9 Å². The Morgan fingerprint density at radius 2 is 1.63 bits per heavy atom. The van der Waals surface area contributed by atoms with Crippen molar-refractivity contribution >= 4 is 21.6 Å². The van der Waals surface area contributed by atoms with E-state index in [1.54, 1.807) is 0 Å². The number of hydrogen-bond donors (Lipinski definition) is 2. The van der Waals surface area contributed by atoms with Crippen molar-refractivity contribution in [1.82, 2.24) is 4.72 Å². The maximum atomic E-state index is 12.5. The molecule has 0 radical (unpaired) electrons. The Kier molecular flexibility index (Phi) is 6.58. The largest absolute Gasteiger partial charge is 0.416 e. The molecular weight excluding hydrogens is 385 g/mol. The molecule has 27 heavy (non-hydrogen) atoms. The zero-order chi connectivity index (χ0) is 20.1. The van der Waals surface area contributed by atoms with E-state index in [4.69, 9.17) is 4.74 Å². The van der Waals surface area contributed by atoms with Gasteiger partial charge in [0.25, 0.3) is 5.91 Å². The summed E-state index contributed by atoms with van der Waals surface area (Å²) in [5, 5.41) is 2.45. The number of halogens is 3. The normalized spacial score (nSPS) is 12.0. The number of carbonyl (C=O) groups excluding carboxylic acids is 1. The van der Waals surface area contributed by atoms with Crippen LogP contribution in [0.25, 0.3) is 0 Å². The van der Waals surface area contributed by atoms with Crippen LogP contribution in [0.2, 0.25) is 0 Å². The first-order valence-electron chi connectivity index (χ1n) is 7.71. The van der Waals surface area contributed by atoms with E-state index in [2.05, 4.69) is 10.0 Å². The average molecular weight is 402 g/mol. The van der Waals surface area contributed by atoms with Crippen molar-refractivity contribution in [2.24, 2.45) is 0 Å². The van der Waals surface area contributed by atoms with Crippen molar-refractivity contribution < 1.29 is 31.1 Å². The van der Waals surface area contributed by atoms with E-state index in [0.717, 1.165) is 24.3 Å². The van der Waals surface area contributed by atoms with Gasteiger partial charge in [-0.05, 0) is 48.5 Å². The quantitative estimate of drug-likeness (QED) is 0.698. The number of carbonyl (C=O) groups is 1. The Labute approximate surface area is 154 Å². The van der Waals surface area contributed by atoms with E-state index in [-0.39, 0.29) is 29.3 Å². The molecule has 2 rings (SSSR count). The highest BCUT2D eigenvalue weighted by Crippen LogP contribution is 2.29. The molecule has 0 aliphatic rings. The molecule has 0 saturated heterocycles. The van der Waals surface area contributed by atoms with Crippen LogP contribution in [-0.4, -0.2) is 34.6 Å². The standard InChI is InChI=1S/C17H17F3N2O4S/c1-26-11-10-21-27(24,25)15-8-2-12(3-9-15)16(23)22-14-6-4-13(5-7-14)17(18,19)20/h2-9,21H,10-11H2,1H3,(H,22,23). The summed E-state index contributed by atoms with van der Waals surface area (Å²) in [5.74, 6) is -0.578. The maximum absolute atomic E-state index is 12.5. The van der Waals surface area contributed by atoms with E-state index in [1.807, 2.05) is 0 Å². The van der Waals surface area contributed by atoms with Crippen molar-refractivity contribution in [1.29, 1.82) is 0 Å². The molecule has 0 aliphatic heterocycles. The Balaban J connectivity index is 2.05. The number of methoxy groups -OCH3 is 1. The first-order valence-corrected chi connectivity index (χ1v) is 9.19. The van der Waals surface area contributed by atoms with Crippen LogP contribution in [0.3, 0.4) is 0 Å². The number of sulfonamides is 1. The summed E-state index contributed by atoms with van der Waals surface area (Å²) < 4.78 is 68.8. The minimum atomic E-state index is -4.46. The fourth-order valence-electron chi connectivity index (χ4n) is 2.09. The van der Waals surface area contributed by atoms with Crippen molar-refractivity contribution in [3.8, 4) is 0 Å². The molecule has 0 fully saturated rings. The molecule has 2 N–H and O–H groups in total. The summed E-state index contributed by atoms with van der Waals surface area (Å²) >= 11 is 0. The van der Waals surface area contributed by atoms with E-state index in [9.17, 15) is 26.4 Å². The first kappa shape index (κ1) is 20.9. The van der Waals surface area contributed by atoms with Gasteiger partial charge in [-0.2, -0.15) is 13.2 Å². The zero-order valence-corrected chi connectivity index (χ0v) is 15.0. The smallest absolute Gasteiger partial charge is 0.383 e. The molecule has 0 bridgehead atoms. The summed E-state index contributed by atoms with van der Waals surface area (Å²) in [6, 6.07) is 9.13. The molecule has 0 heterocycles. The second-order valence-electron chi connectivity index (χ2n) is 5.44. The van der Waals surface area contributed by atoms with Crippen LogP contribution in [-0.2, 0) is 20.9 Å². The molecule has 1 amide bonds. The molecular formula is C17H17F3N2O4S. The van der Waals surface area contributed by atoms with Gasteiger partial charge in [0.05, 0.1) is 17.1 Å². The number of amides is 1. The lowest BCUT2D eigenvalue weighted by Crippen LogP contribution is -2.27. The van der Waals surface area contributed by atoms with E-state index in [1.165, 1.54) is 31.4 Å². The minimum absolute atomic E-state index is 0.0234. The van der Waals surface area contributed by atoms with E-state index in [0.29, 0.717) is 0 Å². The second-order valence-corrected chi connectivity index (χ2v) is 7.21. The van der Waals surface area contributed by atoms with Gasteiger partial charge in [-0.3, -0.25) is 4.79 Å². The molecule has 0 spiro atoms. The van der Waals surface area contributed by atoms with Crippen LogP contribution in [0.15, 0.2) is 53.4 Å². The number of nitrogens with one attached hydrogen (secondary N) is 2. The summed E-state index contributed by atoms with van der Waals surface area (Å²) in [4.78, 5) is 12.1. The second kappa shape index (κ2) is 8.51. The SMILES string of the molecule is COCCNS(=O)(=O)c1ccc(C(=O)Nc2ccc(C(F)(F)F)cc2)cc1. The van der Waals surface area contributed by atoms with Gasteiger partial charge in [0.15, 0.2) is 0 Å². The topological polar surface area (TPSA) is 84.5 Å². The van der Waals surface area contributed by atoms with Crippen LogP contribution >= 0.6 is 0 Å². The molecule has 0 aliphatic carbocycles. The molecule has 146 valence electrons. The predicted molar refractivity (Wildman–Crippen MR) is 92.9 cm³/mol. The Morgan fingerprint density at radius 3 is 2.15 bits per heavy atom. The highest BCUT2D eigenvalue weighted by atomic mass is 32.2. The van der Waals surface area contributed by atoms with Crippen LogP contribution in [0.4, 0.5) is 18.9 Å². The number of anilines is 1. The number of ether oxygens (including phenoxy) is 1. The predicted octanol–water partition coefficient (Wildman–Crippen LogP) is 2.88. The van der Waals surface area contributed by atoms with E-state index < -0.39 is 27.7 Å². The molecule has 2 aromatic rings. The lowest BCUT2D eigenvalue weighted by atomic mass is 10.2. The van der Waals surface area contributed by atoms with Crippen LogP contribution in [0.5, 0.6) is 0 Å². The first-order chi connectivity index (χ1) is 12.6. The molecule has 10 heteroatoms. The maximum Gasteiger partial charge on any atom is 0.416 e. The van der Waals surface area contributed by atoms with Crippen molar-refractivity contribution in [2.45, 2.75) is 11.1 Å². The summed E-state index contributed by atoms with van der Waals surface area (Å²) in [6.45, 7) is 0.321. The fourth-order valence-corrected chi connectivity index (χ4v) is 3.11. The third-order valence-electron chi connectivity index (χ3n) is 3.50. The lowest BCUT2D eigenvalue weighted by molar-refractivity contribution is -0.137. The molecule has 6 nitrogen and oxygen atoms in total. The number of alkyl halides is 3. The monoisotopic (exact) mass is 402 g/mol. The summed E-state index contributed by atoms with van der Waals surface area (Å²) in [5.41, 5.74) is -0.479. The van der Waals surface area contributed by atoms with Gasteiger partial charge in [-0.25, -0.2) is 13.1 Å². The highest BCUT2D eigenvalue weighted by Gasteiger charge is 2.30. The van der Waals surface area contributed by atoms with Gasteiger partial charge in [0.2, 0.25) is 10.0 Å². The molecule has 0 saturated carbocycles. The van der Waals surface area contributed by atoms with Gasteiger partial charge in [0.1, 0.15) is 0 Å². The van der Waals surface area contributed by atoms with Crippen LogP contribution < -0.4 is 10.0 Å². The average Bonchev–Trinajstić information content (AvgIpc) is 2.61. The van der Waals surface area contributed by atoms with Gasteiger partial charge in [-0.15, -0.1) is 0 Å². The third-order valence-corrected chi connectivity index (χ3v) is 4.97. The van der Waals surface area contributed by atoms with Gasteiger partial charge >= 0.3 is 6.18 Å². The number of benzene rings is 2. The summed E-state index contributed by atoms with van der Waals surface area (Å²) in [7, 11) is -2.28. The van der Waals surface area contributed by atoms with Crippen LogP contribution in [0, 0.1) is 0 Å². The Bertz CT molecular complexity index is 880. The lowest BCUT2D eigenvalue weighted by Gasteiger charge is -2.10. The van der Waals surface area contributed by atoms with E-state index >= 15 is 0 Å². The zero-order valence-electron chi connectivity index (χ0n) is 14.2. The Morgan fingerprint density at radius 1 is 1.04 bits per heavy atom. The molecule has 0 unspecified atom stereocenters.